The number of carboxylic acid groups (broad SMARTS) is 1. The summed E-state index contributed by atoms with van der Waals surface area (Å²) in [5, 5.41) is 31.4. The molecule has 3 N–H and O–H groups in total. The molecule has 6 unspecified atom stereocenters. The van der Waals surface area contributed by atoms with Crippen LogP contribution in [0.2, 0.25) is 0 Å². The van der Waals surface area contributed by atoms with E-state index in [1.54, 1.807) is 0 Å². The second kappa shape index (κ2) is 48.2. The van der Waals surface area contributed by atoms with Gasteiger partial charge in [-0.2, -0.15) is 0 Å². The van der Waals surface area contributed by atoms with Crippen LogP contribution in [-0.2, 0) is 42.9 Å². The van der Waals surface area contributed by atoms with Crippen LogP contribution in [0.4, 0.5) is 0 Å². The molecule has 6 atom stereocenters. The van der Waals surface area contributed by atoms with Crippen molar-refractivity contribution in [1.29, 1.82) is 0 Å². The summed E-state index contributed by atoms with van der Waals surface area (Å²) in [6.45, 7) is 5.95. The molecule has 0 radical (unpaired) electrons. The summed E-state index contributed by atoms with van der Waals surface area (Å²) >= 11 is 0. The number of hydrogen-bond acceptors (Lipinski definition) is 11. The van der Waals surface area contributed by atoms with Gasteiger partial charge in [-0.05, 0) is 51.4 Å². The fraction of sp³-hybridized carbons (Fsp3) is 0.864. The van der Waals surface area contributed by atoms with Gasteiger partial charge in [0.25, 0.3) is 0 Å². The molecule has 1 rings (SSSR count). The first-order valence-electron chi connectivity index (χ1n) is 29.3. The Morgan fingerprint density at radius 1 is 0.465 bits per heavy atom. The highest BCUT2D eigenvalue weighted by Crippen LogP contribution is 2.26. The molecule has 0 bridgehead atoms. The molecule has 0 aromatic carbocycles. The molecule has 0 amide bonds. The summed E-state index contributed by atoms with van der Waals surface area (Å²) in [5.41, 5.74) is 0. The maximum atomic E-state index is 13.1. The first-order valence-corrected chi connectivity index (χ1v) is 29.3. The monoisotopic (exact) mass is 1010 g/mol. The molecule has 1 saturated heterocycles. The average Bonchev–Trinajstić information content (AvgIpc) is 3.35. The van der Waals surface area contributed by atoms with E-state index in [-0.39, 0.29) is 25.9 Å². The van der Waals surface area contributed by atoms with Crippen LogP contribution in [-0.4, -0.2) is 89.2 Å². The van der Waals surface area contributed by atoms with E-state index in [9.17, 15) is 34.5 Å². The Hall–Kier alpha value is -2.80. The van der Waals surface area contributed by atoms with Crippen LogP contribution in [0.25, 0.3) is 0 Å². The van der Waals surface area contributed by atoms with E-state index in [2.05, 4.69) is 45.1 Å². The van der Waals surface area contributed by atoms with E-state index in [4.69, 9.17) is 23.7 Å². The number of carbonyl (C=O) groups is 4. The predicted molar refractivity (Wildman–Crippen MR) is 285 cm³/mol. The summed E-state index contributed by atoms with van der Waals surface area (Å²) in [6.07, 6.45) is 41.6. The molecule has 414 valence electrons. The summed E-state index contributed by atoms with van der Waals surface area (Å²) in [5.74, 6) is -3.10. The normalized spacial score (nSPS) is 18.6. The number of rotatable bonds is 50. The minimum absolute atomic E-state index is 0.0648. The number of aliphatic hydroxyl groups excluding tert-OH is 2. The Morgan fingerprint density at radius 2 is 0.845 bits per heavy atom. The highest BCUT2D eigenvalue weighted by atomic mass is 16.7. The van der Waals surface area contributed by atoms with E-state index in [1.807, 2.05) is 0 Å². The van der Waals surface area contributed by atoms with Crippen molar-refractivity contribution in [2.45, 2.75) is 314 Å². The molecule has 1 fully saturated rings. The Kier molecular flexibility index (Phi) is 44.9. The van der Waals surface area contributed by atoms with Gasteiger partial charge in [-0.15, -0.1) is 0 Å². The SMILES string of the molecule is CCCCC/C=C\C/C=C\CCCCCCCCCC(=O)OCC(COC1OC(C(=O)O)C(O)C(O)C1OC(=O)CCCCCCCCCCC)OC(=O)CCCCCCCCCCCCCCCCC. The minimum Gasteiger partial charge on any atom is -0.479 e. The van der Waals surface area contributed by atoms with Gasteiger partial charge >= 0.3 is 23.9 Å². The zero-order chi connectivity index (χ0) is 51.8. The van der Waals surface area contributed by atoms with Crippen LogP contribution in [0.5, 0.6) is 0 Å². The first-order chi connectivity index (χ1) is 34.6. The lowest BCUT2D eigenvalue weighted by atomic mass is 9.98. The third-order valence-electron chi connectivity index (χ3n) is 13.5. The van der Waals surface area contributed by atoms with Gasteiger partial charge in [-0.1, -0.05) is 231 Å². The second-order valence-electron chi connectivity index (χ2n) is 20.3. The van der Waals surface area contributed by atoms with Gasteiger partial charge in [0.05, 0.1) is 6.61 Å². The molecule has 0 aromatic heterocycles. The second-order valence-corrected chi connectivity index (χ2v) is 20.3. The number of carboxylic acids is 1. The number of aliphatic carboxylic acids is 1. The molecule has 1 heterocycles. The van der Waals surface area contributed by atoms with Gasteiger partial charge < -0.3 is 39.0 Å². The highest BCUT2D eigenvalue weighted by molar-refractivity contribution is 5.74. The largest absolute Gasteiger partial charge is 0.479 e. The van der Waals surface area contributed by atoms with Crippen LogP contribution >= 0.6 is 0 Å². The van der Waals surface area contributed by atoms with E-state index in [1.165, 1.54) is 135 Å². The van der Waals surface area contributed by atoms with Gasteiger partial charge in [-0.25, -0.2) is 4.79 Å². The average molecular weight is 1010 g/mol. The third kappa shape index (κ3) is 38.4. The maximum absolute atomic E-state index is 13.1. The van der Waals surface area contributed by atoms with Gasteiger partial charge in [0.2, 0.25) is 0 Å². The summed E-state index contributed by atoms with van der Waals surface area (Å²) < 4.78 is 28.4. The van der Waals surface area contributed by atoms with Gasteiger partial charge in [0.15, 0.2) is 24.6 Å². The van der Waals surface area contributed by atoms with Crippen LogP contribution in [0, 0.1) is 0 Å². The topological polar surface area (TPSA) is 175 Å². The predicted octanol–water partition coefficient (Wildman–Crippen LogP) is 14.7. The lowest BCUT2D eigenvalue weighted by molar-refractivity contribution is -0.301. The van der Waals surface area contributed by atoms with Crippen LogP contribution in [0.15, 0.2) is 24.3 Å². The molecule has 12 heteroatoms. The fourth-order valence-corrected chi connectivity index (χ4v) is 8.99. The molecule has 71 heavy (non-hydrogen) atoms. The fourth-order valence-electron chi connectivity index (χ4n) is 8.99. The smallest absolute Gasteiger partial charge is 0.335 e. The number of unbranched alkanes of at least 4 members (excludes halogenated alkanes) is 32. The van der Waals surface area contributed by atoms with Crippen LogP contribution < -0.4 is 0 Å². The lowest BCUT2D eigenvalue weighted by Crippen LogP contribution is -2.61. The Labute approximate surface area is 432 Å². The van der Waals surface area contributed by atoms with Crippen molar-refractivity contribution in [3.05, 3.63) is 24.3 Å². The van der Waals surface area contributed by atoms with E-state index < -0.39 is 67.3 Å². The summed E-state index contributed by atoms with van der Waals surface area (Å²) in [4.78, 5) is 51.0. The van der Waals surface area contributed by atoms with Crippen molar-refractivity contribution in [3.8, 4) is 0 Å². The number of allylic oxidation sites excluding steroid dienone is 4. The minimum atomic E-state index is -1.90. The molecule has 0 saturated carbocycles. The van der Waals surface area contributed by atoms with E-state index in [0.29, 0.717) is 19.3 Å². The summed E-state index contributed by atoms with van der Waals surface area (Å²) in [7, 11) is 0. The van der Waals surface area contributed by atoms with Gasteiger partial charge in [0, 0.05) is 19.3 Å². The molecule has 0 aromatic rings. The maximum Gasteiger partial charge on any atom is 0.335 e. The molecular formula is C59H106O12. The molecule has 0 spiro atoms. The number of esters is 3. The van der Waals surface area contributed by atoms with E-state index >= 15 is 0 Å². The highest BCUT2D eigenvalue weighted by Gasteiger charge is 2.50. The lowest BCUT2D eigenvalue weighted by Gasteiger charge is -2.40. The molecular weight excluding hydrogens is 901 g/mol. The van der Waals surface area contributed by atoms with E-state index in [0.717, 1.165) is 83.5 Å². The third-order valence-corrected chi connectivity index (χ3v) is 13.5. The van der Waals surface area contributed by atoms with Crippen molar-refractivity contribution in [2.75, 3.05) is 13.2 Å². The van der Waals surface area contributed by atoms with Crippen molar-refractivity contribution in [2.24, 2.45) is 0 Å². The quantitative estimate of drug-likeness (QED) is 0.0228. The van der Waals surface area contributed by atoms with Crippen LogP contribution in [0.1, 0.15) is 278 Å². The summed E-state index contributed by atoms with van der Waals surface area (Å²) in [6, 6.07) is 0. The van der Waals surface area contributed by atoms with Crippen molar-refractivity contribution in [1.82, 2.24) is 0 Å². The number of carbonyl (C=O) groups excluding carboxylic acids is 3. The zero-order valence-electron chi connectivity index (χ0n) is 45.5. The van der Waals surface area contributed by atoms with Crippen molar-refractivity contribution >= 4 is 23.9 Å². The Bertz CT molecular complexity index is 1340. The molecule has 0 aliphatic carbocycles. The first kappa shape index (κ1) is 66.2. The Morgan fingerprint density at radius 3 is 1.30 bits per heavy atom. The molecule has 1 aliphatic rings. The number of hydrogen-bond donors (Lipinski definition) is 3. The standard InChI is InChI=1S/C59H106O12/c1-4-7-10-13-16-19-21-23-25-26-28-29-31-34-36-39-42-45-51(60)67-48-50(69-52(61)46-43-40-38-35-32-30-27-24-22-20-17-14-11-8-5-2)49-68-59-57(55(64)54(63)56(71-59)58(65)66)70-53(62)47-44-41-37-33-18-15-12-9-6-3/h16,19,23,25,50,54-57,59,63-64H,4-15,17-18,20-22,24,26-49H2,1-3H3,(H,65,66)/b19-16-,25-23-. The van der Waals surface area contributed by atoms with Crippen molar-refractivity contribution in [3.63, 3.8) is 0 Å². The van der Waals surface area contributed by atoms with Crippen molar-refractivity contribution < 1.29 is 58.2 Å². The zero-order valence-corrected chi connectivity index (χ0v) is 45.5. The van der Waals surface area contributed by atoms with Crippen LogP contribution in [0.3, 0.4) is 0 Å². The van der Waals surface area contributed by atoms with Gasteiger partial charge in [-0.3, -0.25) is 14.4 Å². The molecule has 12 nitrogen and oxygen atoms in total. The number of aliphatic hydroxyl groups is 2. The molecule has 1 aliphatic heterocycles. The Balaban J connectivity index is 2.66. The van der Waals surface area contributed by atoms with Gasteiger partial charge in [0.1, 0.15) is 18.8 Å². The number of ether oxygens (including phenoxy) is 5.